The van der Waals surface area contributed by atoms with E-state index in [4.69, 9.17) is 0 Å². The van der Waals surface area contributed by atoms with Crippen LogP contribution in [-0.2, 0) is 0 Å². The quantitative estimate of drug-likeness (QED) is 0.654. The van der Waals surface area contributed by atoms with Crippen molar-refractivity contribution in [3.63, 3.8) is 0 Å². The van der Waals surface area contributed by atoms with Gasteiger partial charge < -0.3 is 0 Å². The van der Waals surface area contributed by atoms with Crippen LogP contribution in [0.4, 0.5) is 0 Å². The van der Waals surface area contributed by atoms with Gasteiger partial charge in [0.05, 0.1) is 0 Å². The second-order valence-corrected chi connectivity index (χ2v) is 5.09. The molecule has 19 heavy (non-hydrogen) atoms. The van der Waals surface area contributed by atoms with Crippen molar-refractivity contribution in [3.8, 4) is 0 Å². The molecular formula is C19H18. The van der Waals surface area contributed by atoms with Gasteiger partial charge in [0.1, 0.15) is 0 Å². The van der Waals surface area contributed by atoms with Crippen molar-refractivity contribution in [2.75, 3.05) is 0 Å². The molecule has 0 heteroatoms. The summed E-state index contributed by atoms with van der Waals surface area (Å²) < 4.78 is 0. The molecule has 0 bridgehead atoms. The lowest BCUT2D eigenvalue weighted by molar-refractivity contribution is 1.14. The van der Waals surface area contributed by atoms with E-state index in [1.807, 2.05) is 18.2 Å². The fraction of sp³-hybridized carbons (Fsp3) is 0.158. The highest BCUT2D eigenvalue weighted by Crippen LogP contribution is 2.47. The molecule has 2 aromatic rings. The molecule has 0 N–H and O–H groups in total. The topological polar surface area (TPSA) is 0 Å². The molecule has 0 nitrogen and oxygen atoms in total. The van der Waals surface area contributed by atoms with Crippen LogP contribution >= 0.6 is 0 Å². The lowest BCUT2D eigenvalue weighted by Crippen LogP contribution is -1.96. The minimum absolute atomic E-state index is 0.690. The summed E-state index contributed by atoms with van der Waals surface area (Å²) in [7, 11) is 0. The first-order valence-electron chi connectivity index (χ1n) is 6.77. The number of hydrogen-bond acceptors (Lipinski definition) is 0. The number of benzene rings is 2. The number of fused-ring (bicyclic) bond motifs is 1. The minimum atomic E-state index is 0.690. The Morgan fingerprint density at radius 2 is 1.37 bits per heavy atom. The second-order valence-electron chi connectivity index (χ2n) is 5.09. The Morgan fingerprint density at radius 3 is 1.89 bits per heavy atom. The van der Waals surface area contributed by atoms with Gasteiger partial charge in [-0.3, -0.25) is 0 Å². The van der Waals surface area contributed by atoms with Gasteiger partial charge in [0, 0.05) is 0 Å². The molecule has 0 radical (unpaired) electrons. The first-order valence-corrected chi connectivity index (χ1v) is 6.77. The standard InChI is InChI=1S/C19H18/c1-4-14-15(5-2)17-9-7-8-10-18(17)19(13-11-12-13)16(14)6-3/h4-10,13H,1-3,11-12H2. The van der Waals surface area contributed by atoms with Crippen molar-refractivity contribution in [1.82, 2.24) is 0 Å². The van der Waals surface area contributed by atoms with Crippen molar-refractivity contribution in [2.45, 2.75) is 18.8 Å². The molecule has 0 aliphatic heterocycles. The SMILES string of the molecule is C=Cc1c(C=C)c(C2CC2)c2ccccc2c1C=C. The molecule has 0 saturated heterocycles. The zero-order chi connectivity index (χ0) is 13.4. The molecule has 1 aliphatic carbocycles. The third-order valence-corrected chi connectivity index (χ3v) is 3.98. The summed E-state index contributed by atoms with van der Waals surface area (Å²) in [5.41, 5.74) is 5.03. The third-order valence-electron chi connectivity index (χ3n) is 3.98. The van der Waals surface area contributed by atoms with Crippen LogP contribution in [0.5, 0.6) is 0 Å². The summed E-state index contributed by atoms with van der Waals surface area (Å²) >= 11 is 0. The molecule has 0 atom stereocenters. The number of hydrogen-bond donors (Lipinski definition) is 0. The third kappa shape index (κ3) is 1.76. The van der Waals surface area contributed by atoms with Gasteiger partial charge in [-0.15, -0.1) is 0 Å². The maximum Gasteiger partial charge on any atom is -0.0102 e. The van der Waals surface area contributed by atoms with E-state index in [0.717, 1.165) is 0 Å². The minimum Gasteiger partial charge on any atom is -0.0984 e. The Morgan fingerprint density at radius 1 is 0.789 bits per heavy atom. The predicted octanol–water partition coefficient (Wildman–Crippen LogP) is 5.65. The van der Waals surface area contributed by atoms with Crippen LogP contribution < -0.4 is 0 Å². The van der Waals surface area contributed by atoms with E-state index in [1.54, 1.807) is 0 Å². The van der Waals surface area contributed by atoms with Crippen LogP contribution in [0.2, 0.25) is 0 Å². The average Bonchev–Trinajstić information content (AvgIpc) is 3.28. The fourth-order valence-corrected chi connectivity index (χ4v) is 3.00. The first-order chi connectivity index (χ1) is 9.31. The van der Waals surface area contributed by atoms with E-state index in [1.165, 1.54) is 45.9 Å². The Balaban J connectivity index is 2.53. The molecule has 1 saturated carbocycles. The highest BCUT2D eigenvalue weighted by molar-refractivity contribution is 6.00. The van der Waals surface area contributed by atoms with E-state index in [9.17, 15) is 0 Å². The van der Waals surface area contributed by atoms with Gasteiger partial charge in [0.25, 0.3) is 0 Å². The molecule has 1 fully saturated rings. The lowest BCUT2D eigenvalue weighted by Gasteiger charge is -2.17. The second kappa shape index (κ2) is 4.55. The molecular weight excluding hydrogens is 228 g/mol. The van der Waals surface area contributed by atoms with E-state index in [0.29, 0.717) is 5.92 Å². The Hall–Kier alpha value is -2.08. The fourth-order valence-electron chi connectivity index (χ4n) is 3.00. The molecule has 94 valence electrons. The van der Waals surface area contributed by atoms with Gasteiger partial charge in [-0.05, 0) is 51.8 Å². The summed E-state index contributed by atoms with van der Waals surface area (Å²) in [5, 5.41) is 2.63. The molecule has 0 aromatic heterocycles. The summed E-state index contributed by atoms with van der Waals surface area (Å²) in [5.74, 6) is 0.690. The first kappa shape index (κ1) is 12.0. The molecule has 0 unspecified atom stereocenters. The Labute approximate surface area is 114 Å². The van der Waals surface area contributed by atoms with Gasteiger partial charge in [-0.25, -0.2) is 0 Å². The van der Waals surface area contributed by atoms with Crippen LogP contribution in [0.3, 0.4) is 0 Å². The van der Waals surface area contributed by atoms with Gasteiger partial charge >= 0.3 is 0 Å². The average molecular weight is 246 g/mol. The normalized spacial score (nSPS) is 14.3. The van der Waals surface area contributed by atoms with Gasteiger partial charge in [0.2, 0.25) is 0 Å². The zero-order valence-corrected chi connectivity index (χ0v) is 11.2. The maximum absolute atomic E-state index is 4.01. The highest BCUT2D eigenvalue weighted by Gasteiger charge is 2.29. The van der Waals surface area contributed by atoms with Crippen LogP contribution in [0, 0.1) is 0 Å². The van der Waals surface area contributed by atoms with Crippen LogP contribution in [0.25, 0.3) is 29.0 Å². The Bertz CT molecular complexity index is 685. The van der Waals surface area contributed by atoms with E-state index < -0.39 is 0 Å². The molecule has 2 aromatic carbocycles. The summed E-state index contributed by atoms with van der Waals surface area (Å²) in [6.45, 7) is 12.0. The van der Waals surface area contributed by atoms with Crippen molar-refractivity contribution in [2.24, 2.45) is 0 Å². The summed E-state index contributed by atoms with van der Waals surface area (Å²) in [4.78, 5) is 0. The van der Waals surface area contributed by atoms with Crippen LogP contribution in [0.15, 0.2) is 44.0 Å². The summed E-state index contributed by atoms with van der Waals surface area (Å²) in [6, 6.07) is 8.60. The smallest absolute Gasteiger partial charge is 0.0102 e. The molecule has 0 spiro atoms. The van der Waals surface area contributed by atoms with Crippen LogP contribution in [-0.4, -0.2) is 0 Å². The van der Waals surface area contributed by atoms with E-state index >= 15 is 0 Å². The van der Waals surface area contributed by atoms with Crippen molar-refractivity contribution in [1.29, 1.82) is 0 Å². The van der Waals surface area contributed by atoms with Gasteiger partial charge in [0.15, 0.2) is 0 Å². The predicted molar refractivity (Wildman–Crippen MR) is 86.2 cm³/mol. The molecule has 1 aliphatic rings. The lowest BCUT2D eigenvalue weighted by atomic mass is 9.87. The number of rotatable bonds is 4. The molecule has 0 heterocycles. The summed E-state index contributed by atoms with van der Waals surface area (Å²) in [6.07, 6.45) is 8.42. The Kier molecular flexibility index (Phi) is 2.87. The van der Waals surface area contributed by atoms with Crippen LogP contribution in [0.1, 0.15) is 41.0 Å². The van der Waals surface area contributed by atoms with E-state index in [-0.39, 0.29) is 0 Å². The largest absolute Gasteiger partial charge is 0.0984 e. The van der Waals surface area contributed by atoms with E-state index in [2.05, 4.69) is 44.0 Å². The monoisotopic (exact) mass is 246 g/mol. The van der Waals surface area contributed by atoms with Crippen molar-refractivity contribution < 1.29 is 0 Å². The van der Waals surface area contributed by atoms with Gasteiger partial charge in [-0.2, -0.15) is 0 Å². The maximum atomic E-state index is 4.01. The highest BCUT2D eigenvalue weighted by atomic mass is 14.3. The molecule has 3 rings (SSSR count). The van der Waals surface area contributed by atoms with Crippen molar-refractivity contribution >= 4 is 29.0 Å². The van der Waals surface area contributed by atoms with Crippen molar-refractivity contribution in [3.05, 3.63) is 66.3 Å². The zero-order valence-electron chi connectivity index (χ0n) is 11.2. The molecule has 0 amide bonds. The van der Waals surface area contributed by atoms with Gasteiger partial charge in [-0.1, -0.05) is 62.2 Å².